The van der Waals surface area contributed by atoms with E-state index in [1.54, 1.807) is 0 Å². The van der Waals surface area contributed by atoms with E-state index < -0.39 is 12.1 Å². The SMILES string of the molecule is CCc1ccccc1N1CC(C)(C)N(C[C@H](N)[C@@H](O)C[C@@H](CC)C(=O)NCC(C)(C)C)CC1=O. The highest BCUT2D eigenvalue weighted by atomic mass is 16.3. The van der Waals surface area contributed by atoms with E-state index in [1.807, 2.05) is 30.0 Å². The maximum absolute atomic E-state index is 13.1. The highest BCUT2D eigenvalue weighted by Gasteiger charge is 2.40. The van der Waals surface area contributed by atoms with Gasteiger partial charge in [-0.3, -0.25) is 14.5 Å². The van der Waals surface area contributed by atoms with Crippen LogP contribution in [0.1, 0.15) is 66.9 Å². The lowest BCUT2D eigenvalue weighted by Crippen LogP contribution is -2.64. The zero-order valence-corrected chi connectivity index (χ0v) is 22.2. The van der Waals surface area contributed by atoms with E-state index in [4.69, 9.17) is 5.73 Å². The average Bonchev–Trinajstić information content (AvgIpc) is 2.77. The number of nitrogens with zero attached hydrogens (tertiary/aromatic N) is 2. The summed E-state index contributed by atoms with van der Waals surface area (Å²) in [7, 11) is 0. The molecule has 0 unspecified atom stereocenters. The number of nitrogens with two attached hydrogens (primary N) is 1. The van der Waals surface area contributed by atoms with Gasteiger partial charge in [-0.15, -0.1) is 0 Å². The minimum absolute atomic E-state index is 0.000871. The van der Waals surface area contributed by atoms with Crippen LogP contribution in [0.2, 0.25) is 0 Å². The molecule has 0 radical (unpaired) electrons. The number of hydrogen-bond donors (Lipinski definition) is 3. The third-order valence-corrected chi connectivity index (χ3v) is 6.80. The average molecular weight is 475 g/mol. The zero-order valence-electron chi connectivity index (χ0n) is 22.2. The minimum atomic E-state index is -0.824. The number of aliphatic hydroxyl groups excluding tert-OH is 1. The van der Waals surface area contributed by atoms with Crippen LogP contribution in [0.3, 0.4) is 0 Å². The summed E-state index contributed by atoms with van der Waals surface area (Å²) in [5, 5.41) is 13.8. The normalized spacial score (nSPS) is 19.6. The van der Waals surface area contributed by atoms with Crippen molar-refractivity contribution >= 4 is 17.5 Å². The lowest BCUT2D eigenvalue weighted by Gasteiger charge is -2.48. The molecule has 0 saturated carbocycles. The number of carbonyl (C=O) groups is 2. The fourth-order valence-corrected chi connectivity index (χ4v) is 4.44. The molecule has 1 heterocycles. The third kappa shape index (κ3) is 7.52. The Kier molecular flexibility index (Phi) is 9.69. The standard InChI is InChI=1S/C27H46N4O3/c1-8-19-12-10-11-13-22(19)31-18-27(6,7)30(16-24(31)33)15-21(28)23(32)14-20(9-2)25(34)29-17-26(3,4)5/h10-13,20-21,23,32H,8-9,14-18,28H2,1-7H3,(H,29,34)/t20-,21+,23+/m1/s1. The van der Waals surface area contributed by atoms with Gasteiger partial charge in [-0.1, -0.05) is 52.8 Å². The second-order valence-electron chi connectivity index (χ2n) is 11.5. The summed E-state index contributed by atoms with van der Waals surface area (Å²) in [6.07, 6.45) is 0.990. The summed E-state index contributed by atoms with van der Waals surface area (Å²) >= 11 is 0. The van der Waals surface area contributed by atoms with Gasteiger partial charge in [0.15, 0.2) is 0 Å². The van der Waals surface area contributed by atoms with Gasteiger partial charge in [-0.25, -0.2) is 0 Å². The van der Waals surface area contributed by atoms with Crippen LogP contribution in [-0.4, -0.2) is 65.7 Å². The van der Waals surface area contributed by atoms with Crippen molar-refractivity contribution in [2.24, 2.45) is 17.1 Å². The van der Waals surface area contributed by atoms with Crippen molar-refractivity contribution in [3.05, 3.63) is 29.8 Å². The summed E-state index contributed by atoms with van der Waals surface area (Å²) in [5.41, 5.74) is 8.23. The van der Waals surface area contributed by atoms with Crippen molar-refractivity contribution in [1.82, 2.24) is 10.2 Å². The van der Waals surface area contributed by atoms with Crippen LogP contribution in [-0.2, 0) is 16.0 Å². The molecule has 1 aliphatic heterocycles. The summed E-state index contributed by atoms with van der Waals surface area (Å²) in [4.78, 5) is 29.7. The number of anilines is 1. The first kappa shape index (κ1) is 28.3. The topological polar surface area (TPSA) is 98.9 Å². The van der Waals surface area contributed by atoms with Crippen LogP contribution in [0.5, 0.6) is 0 Å². The molecule has 3 atom stereocenters. The summed E-state index contributed by atoms with van der Waals surface area (Å²) in [6.45, 7) is 16.3. The Labute approximate surface area is 206 Å². The van der Waals surface area contributed by atoms with E-state index in [0.717, 1.165) is 17.7 Å². The van der Waals surface area contributed by atoms with E-state index in [-0.39, 0.29) is 35.2 Å². The Morgan fingerprint density at radius 3 is 2.47 bits per heavy atom. The first-order chi connectivity index (χ1) is 15.8. The van der Waals surface area contributed by atoms with Crippen molar-refractivity contribution in [3.8, 4) is 0 Å². The lowest BCUT2D eigenvalue weighted by molar-refractivity contribution is -0.126. The number of hydrogen-bond acceptors (Lipinski definition) is 5. The molecule has 192 valence electrons. The first-order valence-electron chi connectivity index (χ1n) is 12.6. The summed E-state index contributed by atoms with van der Waals surface area (Å²) in [6, 6.07) is 7.49. The number of aryl methyl sites for hydroxylation is 1. The second kappa shape index (κ2) is 11.6. The second-order valence-corrected chi connectivity index (χ2v) is 11.5. The molecule has 1 aromatic rings. The van der Waals surface area contributed by atoms with Gasteiger partial charge in [0.2, 0.25) is 11.8 Å². The molecule has 2 amide bonds. The molecule has 1 fully saturated rings. The molecule has 4 N–H and O–H groups in total. The minimum Gasteiger partial charge on any atom is -0.391 e. The van der Waals surface area contributed by atoms with Gasteiger partial charge in [0.05, 0.1) is 12.6 Å². The lowest BCUT2D eigenvalue weighted by atomic mass is 9.91. The highest BCUT2D eigenvalue weighted by Crippen LogP contribution is 2.29. The third-order valence-electron chi connectivity index (χ3n) is 6.80. The Bertz CT molecular complexity index is 833. The predicted octanol–water partition coefficient (Wildman–Crippen LogP) is 2.94. The number of carbonyl (C=O) groups excluding carboxylic acids is 2. The predicted molar refractivity (Wildman–Crippen MR) is 139 cm³/mol. The molecule has 7 heteroatoms. The number of para-hydroxylation sites is 1. The van der Waals surface area contributed by atoms with Crippen molar-refractivity contribution in [3.63, 3.8) is 0 Å². The number of benzene rings is 1. The van der Waals surface area contributed by atoms with Crippen LogP contribution in [0.25, 0.3) is 0 Å². The van der Waals surface area contributed by atoms with E-state index in [0.29, 0.717) is 32.5 Å². The van der Waals surface area contributed by atoms with Gasteiger partial charge >= 0.3 is 0 Å². The van der Waals surface area contributed by atoms with Crippen molar-refractivity contribution < 1.29 is 14.7 Å². The van der Waals surface area contributed by atoms with Gasteiger partial charge < -0.3 is 21.1 Å². The molecule has 1 aromatic carbocycles. The van der Waals surface area contributed by atoms with E-state index in [2.05, 4.69) is 57.8 Å². The Hall–Kier alpha value is -1.96. The van der Waals surface area contributed by atoms with Crippen molar-refractivity contribution in [2.75, 3.05) is 31.1 Å². The van der Waals surface area contributed by atoms with Gasteiger partial charge in [0, 0.05) is 42.8 Å². The van der Waals surface area contributed by atoms with E-state index in [9.17, 15) is 14.7 Å². The molecule has 34 heavy (non-hydrogen) atoms. The Morgan fingerprint density at radius 1 is 1.24 bits per heavy atom. The van der Waals surface area contributed by atoms with Gasteiger partial charge in [0.1, 0.15) is 0 Å². The maximum atomic E-state index is 13.1. The summed E-state index contributed by atoms with van der Waals surface area (Å²) < 4.78 is 0. The van der Waals surface area contributed by atoms with Crippen molar-refractivity contribution in [1.29, 1.82) is 0 Å². The molecule has 7 nitrogen and oxygen atoms in total. The Morgan fingerprint density at radius 2 is 1.88 bits per heavy atom. The number of nitrogens with one attached hydrogen (secondary N) is 1. The van der Waals surface area contributed by atoms with Crippen LogP contribution >= 0.6 is 0 Å². The van der Waals surface area contributed by atoms with Crippen molar-refractivity contribution in [2.45, 2.75) is 85.4 Å². The molecule has 0 aromatic heterocycles. The molecule has 0 aliphatic carbocycles. The van der Waals surface area contributed by atoms with E-state index in [1.165, 1.54) is 0 Å². The largest absolute Gasteiger partial charge is 0.391 e. The van der Waals surface area contributed by atoms with Gasteiger partial charge in [-0.05, 0) is 50.2 Å². The maximum Gasteiger partial charge on any atom is 0.241 e. The number of piperazine rings is 1. The van der Waals surface area contributed by atoms with E-state index >= 15 is 0 Å². The molecule has 0 bridgehead atoms. The molecular formula is C27H46N4O3. The molecular weight excluding hydrogens is 428 g/mol. The zero-order chi connectivity index (χ0) is 25.7. The first-order valence-corrected chi connectivity index (χ1v) is 12.6. The van der Waals surface area contributed by atoms with Crippen LogP contribution in [0.15, 0.2) is 24.3 Å². The van der Waals surface area contributed by atoms with Crippen LogP contribution < -0.4 is 16.0 Å². The molecule has 1 aliphatic rings. The van der Waals surface area contributed by atoms with Crippen LogP contribution in [0.4, 0.5) is 5.69 Å². The fourth-order valence-electron chi connectivity index (χ4n) is 4.44. The van der Waals surface area contributed by atoms with Crippen LogP contribution in [0, 0.1) is 11.3 Å². The quantitative estimate of drug-likeness (QED) is 0.484. The monoisotopic (exact) mass is 474 g/mol. The molecule has 0 spiro atoms. The molecule has 2 rings (SSSR count). The van der Waals surface area contributed by atoms with Gasteiger partial charge in [0.25, 0.3) is 0 Å². The molecule has 1 saturated heterocycles. The number of amides is 2. The summed E-state index contributed by atoms with van der Waals surface area (Å²) in [5.74, 6) is -0.294. The smallest absolute Gasteiger partial charge is 0.241 e. The van der Waals surface area contributed by atoms with Gasteiger partial charge in [-0.2, -0.15) is 0 Å². The number of aliphatic hydroxyl groups is 1. The Balaban J connectivity index is 2.01. The highest BCUT2D eigenvalue weighted by molar-refractivity contribution is 5.96. The fraction of sp³-hybridized carbons (Fsp3) is 0.704. The number of rotatable bonds is 10.